The first-order chi connectivity index (χ1) is 13.6. The van der Waals surface area contributed by atoms with Crippen LogP contribution in [-0.4, -0.2) is 38.2 Å². The molecule has 0 radical (unpaired) electrons. The molecule has 1 aliphatic rings. The number of rotatable bonds is 7. The monoisotopic (exact) mass is 419 g/mol. The zero-order valence-electron chi connectivity index (χ0n) is 16.1. The van der Waals surface area contributed by atoms with Gasteiger partial charge in [-0.3, -0.25) is 9.59 Å². The number of nitrogens with zero attached hydrogens (tertiary/aromatic N) is 1. The lowest BCUT2D eigenvalue weighted by Gasteiger charge is -2.27. The van der Waals surface area contributed by atoms with Gasteiger partial charge < -0.3 is 10.6 Å². The Morgan fingerprint density at radius 2 is 1.90 bits per heavy atom. The first-order valence-corrected chi connectivity index (χ1v) is 10.5. The lowest BCUT2D eigenvalue weighted by molar-refractivity contribution is -0.122. The summed E-state index contributed by atoms with van der Waals surface area (Å²) in [5.74, 6) is -1.99. The third kappa shape index (κ3) is 4.63. The van der Waals surface area contributed by atoms with Gasteiger partial charge in [0.15, 0.2) is 0 Å². The van der Waals surface area contributed by atoms with E-state index in [2.05, 4.69) is 4.72 Å². The predicted octanol–water partition coefficient (Wildman–Crippen LogP) is 1.87. The summed E-state index contributed by atoms with van der Waals surface area (Å²) in [7, 11) is -2.39. The number of nitrogens with one attached hydrogen (secondary N) is 1. The van der Waals surface area contributed by atoms with Crippen LogP contribution in [-0.2, 0) is 14.8 Å². The number of sulfonamides is 1. The summed E-state index contributed by atoms with van der Waals surface area (Å²) in [6, 6.07) is 8.22. The second-order valence-corrected chi connectivity index (χ2v) is 8.86. The molecule has 154 valence electrons. The second-order valence-electron chi connectivity index (χ2n) is 7.15. The number of carbonyl (C=O) groups excluding carboxylic acids is 2. The molecule has 0 heterocycles. The fourth-order valence-electron chi connectivity index (χ4n) is 3.05. The average Bonchev–Trinajstić information content (AvgIpc) is 3.44. The van der Waals surface area contributed by atoms with Gasteiger partial charge in [0.05, 0.1) is 4.90 Å². The van der Waals surface area contributed by atoms with Crippen molar-refractivity contribution < 1.29 is 22.4 Å². The van der Waals surface area contributed by atoms with Crippen LogP contribution in [0.4, 0.5) is 4.39 Å². The molecule has 0 spiro atoms. The van der Waals surface area contributed by atoms with Gasteiger partial charge in [0, 0.05) is 18.7 Å². The van der Waals surface area contributed by atoms with E-state index in [0.29, 0.717) is 5.56 Å². The summed E-state index contributed by atoms with van der Waals surface area (Å²) >= 11 is 0. The summed E-state index contributed by atoms with van der Waals surface area (Å²) in [4.78, 5) is 26.2. The minimum atomic E-state index is -3.75. The van der Waals surface area contributed by atoms with Gasteiger partial charge in [-0.05, 0) is 55.2 Å². The maximum absolute atomic E-state index is 13.6. The van der Waals surface area contributed by atoms with Crippen molar-refractivity contribution in [2.75, 3.05) is 7.05 Å². The minimum Gasteiger partial charge on any atom is -0.368 e. The molecule has 0 bridgehead atoms. The number of halogens is 1. The third-order valence-corrected chi connectivity index (χ3v) is 6.31. The molecule has 2 aromatic carbocycles. The minimum absolute atomic E-state index is 0.0341. The molecule has 3 rings (SSSR count). The molecule has 0 saturated heterocycles. The Bertz CT molecular complexity index is 1070. The summed E-state index contributed by atoms with van der Waals surface area (Å²) in [5, 5.41) is 0. The number of aryl methyl sites for hydroxylation is 1. The van der Waals surface area contributed by atoms with Crippen LogP contribution in [0.15, 0.2) is 47.4 Å². The van der Waals surface area contributed by atoms with Crippen LogP contribution in [0.25, 0.3) is 0 Å². The number of hydrogen-bond acceptors (Lipinski definition) is 4. The highest BCUT2D eigenvalue weighted by Crippen LogP contribution is 2.26. The van der Waals surface area contributed by atoms with Gasteiger partial charge in [-0.15, -0.1) is 0 Å². The van der Waals surface area contributed by atoms with Crippen molar-refractivity contribution in [1.82, 2.24) is 9.62 Å². The van der Waals surface area contributed by atoms with E-state index < -0.39 is 33.7 Å². The van der Waals surface area contributed by atoms with Crippen molar-refractivity contribution in [1.29, 1.82) is 0 Å². The van der Waals surface area contributed by atoms with Gasteiger partial charge in [0.2, 0.25) is 15.9 Å². The van der Waals surface area contributed by atoms with Gasteiger partial charge in [0.1, 0.15) is 11.9 Å². The topological polar surface area (TPSA) is 110 Å². The van der Waals surface area contributed by atoms with E-state index >= 15 is 0 Å². The van der Waals surface area contributed by atoms with Gasteiger partial charge in [-0.25, -0.2) is 17.5 Å². The maximum Gasteiger partial charge on any atom is 0.254 e. The molecular formula is C20H22FN3O4S. The van der Waals surface area contributed by atoms with Gasteiger partial charge >= 0.3 is 0 Å². The molecule has 1 aliphatic carbocycles. The zero-order valence-corrected chi connectivity index (χ0v) is 16.9. The Morgan fingerprint density at radius 3 is 2.48 bits per heavy atom. The van der Waals surface area contributed by atoms with Gasteiger partial charge in [-0.1, -0.05) is 18.2 Å². The number of hydrogen-bond donors (Lipinski definition) is 2. The molecule has 29 heavy (non-hydrogen) atoms. The molecule has 1 saturated carbocycles. The molecule has 1 atom stereocenters. The normalized spacial score (nSPS) is 15.0. The molecule has 2 amide bonds. The van der Waals surface area contributed by atoms with Crippen molar-refractivity contribution in [3.63, 3.8) is 0 Å². The molecule has 0 aromatic heterocycles. The summed E-state index contributed by atoms with van der Waals surface area (Å²) in [5.41, 5.74) is 6.36. The number of amides is 2. The Labute approximate surface area is 168 Å². The molecule has 7 nitrogen and oxygen atoms in total. The van der Waals surface area contributed by atoms with E-state index in [0.717, 1.165) is 23.8 Å². The number of likely N-dealkylation sites (N-methyl/N-ethyl adjacent to an activating group) is 1. The molecule has 9 heteroatoms. The van der Waals surface area contributed by atoms with Crippen LogP contribution in [0.3, 0.4) is 0 Å². The number of carbonyl (C=O) groups is 2. The highest BCUT2D eigenvalue weighted by molar-refractivity contribution is 7.89. The Balaban J connectivity index is 1.95. The van der Waals surface area contributed by atoms with E-state index in [4.69, 9.17) is 5.73 Å². The van der Waals surface area contributed by atoms with E-state index in [-0.39, 0.29) is 22.1 Å². The largest absolute Gasteiger partial charge is 0.368 e. The third-order valence-electron chi connectivity index (χ3n) is 4.79. The highest BCUT2D eigenvalue weighted by Gasteiger charge is 2.31. The van der Waals surface area contributed by atoms with Crippen molar-refractivity contribution in [2.24, 2.45) is 5.73 Å². The van der Waals surface area contributed by atoms with E-state index in [9.17, 15) is 22.4 Å². The lowest BCUT2D eigenvalue weighted by atomic mass is 10.0. The van der Waals surface area contributed by atoms with E-state index in [1.54, 1.807) is 6.92 Å². The number of primary amides is 1. The molecule has 2 aromatic rings. The Morgan fingerprint density at radius 1 is 1.21 bits per heavy atom. The highest BCUT2D eigenvalue weighted by atomic mass is 32.2. The zero-order chi connectivity index (χ0) is 21.3. The Kier molecular flexibility index (Phi) is 5.72. The predicted molar refractivity (Wildman–Crippen MR) is 105 cm³/mol. The van der Waals surface area contributed by atoms with Crippen molar-refractivity contribution in [2.45, 2.75) is 36.7 Å². The molecule has 1 unspecified atom stereocenters. The standard InChI is InChI=1S/C20H22FN3O4S/c1-12-6-9-16(29(27,28)23-15-7-8-15)11-17(12)20(26)24(2)18(19(22)25)13-4-3-5-14(21)10-13/h3-6,9-11,15,18,23H,7-8H2,1-2H3,(H2,22,25). The van der Waals surface area contributed by atoms with Crippen LogP contribution in [0.2, 0.25) is 0 Å². The first kappa shape index (κ1) is 20.9. The molecule has 0 aliphatic heterocycles. The van der Waals surface area contributed by atoms with Crippen LogP contribution in [0, 0.1) is 12.7 Å². The van der Waals surface area contributed by atoms with E-state index in [1.807, 2.05) is 0 Å². The number of nitrogens with two attached hydrogens (primary N) is 1. The Hall–Kier alpha value is -2.78. The van der Waals surface area contributed by atoms with Crippen molar-refractivity contribution >= 4 is 21.8 Å². The van der Waals surface area contributed by atoms with E-state index in [1.165, 1.54) is 43.4 Å². The average molecular weight is 419 g/mol. The van der Waals surface area contributed by atoms with Crippen molar-refractivity contribution in [3.8, 4) is 0 Å². The summed E-state index contributed by atoms with van der Waals surface area (Å²) in [6.45, 7) is 1.66. The number of benzene rings is 2. The van der Waals surface area contributed by atoms with Crippen LogP contribution in [0.1, 0.15) is 40.4 Å². The quantitative estimate of drug-likeness (QED) is 0.714. The first-order valence-electron chi connectivity index (χ1n) is 9.05. The van der Waals surface area contributed by atoms with Crippen LogP contribution in [0.5, 0.6) is 0 Å². The SMILES string of the molecule is Cc1ccc(S(=O)(=O)NC2CC2)cc1C(=O)N(C)C(C(N)=O)c1cccc(F)c1. The summed E-state index contributed by atoms with van der Waals surface area (Å²) in [6.07, 6.45) is 1.57. The fourth-order valence-corrected chi connectivity index (χ4v) is 4.38. The van der Waals surface area contributed by atoms with Gasteiger partial charge in [-0.2, -0.15) is 0 Å². The smallest absolute Gasteiger partial charge is 0.254 e. The summed E-state index contributed by atoms with van der Waals surface area (Å²) < 4.78 is 41.1. The maximum atomic E-state index is 13.6. The van der Waals surface area contributed by atoms with Crippen LogP contribution < -0.4 is 10.5 Å². The molecule has 1 fully saturated rings. The lowest BCUT2D eigenvalue weighted by Crippen LogP contribution is -2.39. The van der Waals surface area contributed by atoms with Crippen molar-refractivity contribution in [3.05, 3.63) is 65.0 Å². The fraction of sp³-hybridized carbons (Fsp3) is 0.300. The van der Waals surface area contributed by atoms with Crippen LogP contribution >= 0.6 is 0 Å². The molecular weight excluding hydrogens is 397 g/mol. The second kappa shape index (κ2) is 7.92. The van der Waals surface area contributed by atoms with Gasteiger partial charge in [0.25, 0.3) is 5.91 Å². The molecule has 3 N–H and O–H groups in total.